The van der Waals surface area contributed by atoms with Gasteiger partial charge in [0, 0.05) is 17.2 Å². The van der Waals surface area contributed by atoms with Gasteiger partial charge < -0.3 is 14.2 Å². The number of para-hydroxylation sites is 1. The second-order valence-electron chi connectivity index (χ2n) is 6.87. The third-order valence-corrected chi connectivity index (χ3v) is 4.53. The van der Waals surface area contributed by atoms with E-state index < -0.39 is 5.97 Å². The highest BCUT2D eigenvalue weighted by Crippen LogP contribution is 2.25. The fraction of sp³-hybridized carbons (Fsp3) is 0.0370. The molecule has 0 aliphatic rings. The molecule has 0 aliphatic carbocycles. The molecule has 4 rings (SSSR count). The van der Waals surface area contributed by atoms with Gasteiger partial charge in [-0.2, -0.15) is 0 Å². The molecule has 0 fully saturated rings. The summed E-state index contributed by atoms with van der Waals surface area (Å²) in [5.41, 5.74) is 1.12. The van der Waals surface area contributed by atoms with Crippen LogP contribution in [-0.2, 0) is 4.79 Å². The quantitative estimate of drug-likeness (QED) is 0.206. The molecule has 0 saturated heterocycles. The van der Waals surface area contributed by atoms with Crippen LogP contribution >= 0.6 is 0 Å². The van der Waals surface area contributed by atoms with Crippen molar-refractivity contribution < 1.29 is 23.8 Å². The van der Waals surface area contributed by atoms with E-state index in [1.54, 1.807) is 60.7 Å². The summed E-state index contributed by atoms with van der Waals surface area (Å²) >= 11 is 0. The van der Waals surface area contributed by atoms with Crippen LogP contribution in [0, 0.1) is 0 Å². The Kier molecular flexibility index (Phi) is 6.58. The average Bonchev–Trinajstić information content (AvgIpc) is 2.84. The zero-order valence-corrected chi connectivity index (χ0v) is 17.1. The molecule has 0 N–H and O–H groups in total. The molecule has 0 aromatic heterocycles. The lowest BCUT2D eigenvalue weighted by atomic mass is 10.0. The van der Waals surface area contributed by atoms with Gasteiger partial charge in [0.15, 0.2) is 12.4 Å². The van der Waals surface area contributed by atoms with E-state index in [1.807, 2.05) is 48.5 Å². The molecule has 0 bridgehead atoms. The molecule has 0 spiro atoms. The predicted molar refractivity (Wildman–Crippen MR) is 120 cm³/mol. The summed E-state index contributed by atoms with van der Waals surface area (Å²) in [6.07, 6.45) is 0. The van der Waals surface area contributed by atoms with Crippen LogP contribution in [0.2, 0.25) is 0 Å². The molecule has 32 heavy (non-hydrogen) atoms. The number of carbonyl (C=O) groups is 2. The zero-order valence-electron chi connectivity index (χ0n) is 17.1. The van der Waals surface area contributed by atoms with Gasteiger partial charge in [-0.1, -0.05) is 54.6 Å². The number of esters is 1. The van der Waals surface area contributed by atoms with Crippen LogP contribution in [0.4, 0.5) is 0 Å². The van der Waals surface area contributed by atoms with Crippen molar-refractivity contribution in [3.8, 4) is 23.0 Å². The maximum Gasteiger partial charge on any atom is 0.349 e. The van der Waals surface area contributed by atoms with Crippen molar-refractivity contribution in [2.24, 2.45) is 0 Å². The molecule has 0 heterocycles. The minimum absolute atomic E-state index is 0.0931. The Morgan fingerprint density at radius 1 is 0.562 bits per heavy atom. The Hall–Kier alpha value is -4.38. The van der Waals surface area contributed by atoms with Gasteiger partial charge in [-0.25, -0.2) is 4.79 Å². The lowest BCUT2D eigenvalue weighted by Gasteiger charge is -2.09. The van der Waals surface area contributed by atoms with Crippen molar-refractivity contribution in [3.05, 3.63) is 120 Å². The van der Waals surface area contributed by atoms with Gasteiger partial charge >= 0.3 is 5.97 Å². The number of hydrogen-bond acceptors (Lipinski definition) is 5. The van der Waals surface area contributed by atoms with E-state index in [1.165, 1.54) is 0 Å². The first kappa shape index (κ1) is 20.9. The zero-order chi connectivity index (χ0) is 22.2. The largest absolute Gasteiger partial charge is 0.482 e. The van der Waals surface area contributed by atoms with E-state index in [0.29, 0.717) is 34.1 Å². The van der Waals surface area contributed by atoms with E-state index in [9.17, 15) is 9.59 Å². The van der Waals surface area contributed by atoms with E-state index in [4.69, 9.17) is 14.2 Å². The number of carbonyl (C=O) groups excluding carboxylic acids is 2. The highest BCUT2D eigenvalue weighted by atomic mass is 16.6. The van der Waals surface area contributed by atoms with Crippen molar-refractivity contribution in [2.45, 2.75) is 0 Å². The van der Waals surface area contributed by atoms with Crippen molar-refractivity contribution in [1.29, 1.82) is 0 Å². The molecule has 5 heteroatoms. The van der Waals surface area contributed by atoms with Gasteiger partial charge in [-0.15, -0.1) is 0 Å². The molecule has 0 amide bonds. The Balaban J connectivity index is 1.30. The minimum Gasteiger partial charge on any atom is -0.482 e. The van der Waals surface area contributed by atoms with Gasteiger partial charge in [0.25, 0.3) is 0 Å². The maximum absolute atomic E-state index is 12.4. The molecule has 0 atom stereocenters. The Labute approximate surface area is 185 Å². The normalized spacial score (nSPS) is 10.2. The highest BCUT2D eigenvalue weighted by molar-refractivity contribution is 6.09. The van der Waals surface area contributed by atoms with Crippen LogP contribution < -0.4 is 14.2 Å². The molecular formula is C27H20O5. The minimum atomic E-state index is -0.554. The molecule has 5 nitrogen and oxygen atoms in total. The van der Waals surface area contributed by atoms with Crippen molar-refractivity contribution in [2.75, 3.05) is 6.61 Å². The lowest BCUT2D eigenvalue weighted by Crippen LogP contribution is -2.17. The number of ether oxygens (including phenoxy) is 3. The number of ketones is 1. The predicted octanol–water partition coefficient (Wildman–Crippen LogP) is 5.69. The van der Waals surface area contributed by atoms with E-state index in [2.05, 4.69) is 0 Å². The topological polar surface area (TPSA) is 61.8 Å². The summed E-state index contributed by atoms with van der Waals surface area (Å²) in [4.78, 5) is 24.6. The van der Waals surface area contributed by atoms with Gasteiger partial charge in [0.05, 0.1) is 0 Å². The number of benzene rings is 4. The molecule has 0 aliphatic heterocycles. The number of hydrogen-bond donors (Lipinski definition) is 0. The van der Waals surface area contributed by atoms with Crippen molar-refractivity contribution in [3.63, 3.8) is 0 Å². The first-order valence-electron chi connectivity index (χ1n) is 10.0. The van der Waals surface area contributed by atoms with Crippen LogP contribution in [0.1, 0.15) is 15.9 Å². The first-order valence-corrected chi connectivity index (χ1v) is 10.0. The Morgan fingerprint density at radius 2 is 1.16 bits per heavy atom. The Morgan fingerprint density at radius 3 is 1.88 bits per heavy atom. The van der Waals surface area contributed by atoms with Crippen LogP contribution in [0.15, 0.2) is 109 Å². The summed E-state index contributed by atoms with van der Waals surface area (Å²) in [7, 11) is 0. The summed E-state index contributed by atoms with van der Waals surface area (Å²) < 4.78 is 16.6. The second kappa shape index (κ2) is 10.1. The van der Waals surface area contributed by atoms with Gasteiger partial charge in [0.2, 0.25) is 0 Å². The first-order chi connectivity index (χ1) is 15.7. The van der Waals surface area contributed by atoms with Crippen LogP contribution in [-0.4, -0.2) is 18.4 Å². The van der Waals surface area contributed by atoms with Gasteiger partial charge in [-0.05, 0) is 48.5 Å². The van der Waals surface area contributed by atoms with E-state index in [0.717, 1.165) is 0 Å². The molecule has 0 unspecified atom stereocenters. The number of rotatable bonds is 8. The molecular weight excluding hydrogens is 404 g/mol. The summed E-state index contributed by atoms with van der Waals surface area (Å²) in [5.74, 6) is 1.48. The van der Waals surface area contributed by atoms with Gasteiger partial charge in [-0.3, -0.25) is 4.79 Å². The molecule has 0 saturated carbocycles. The molecule has 0 radical (unpaired) electrons. The summed E-state index contributed by atoms with van der Waals surface area (Å²) in [6, 6.07) is 31.8. The smallest absolute Gasteiger partial charge is 0.349 e. The average molecular weight is 424 g/mol. The standard InChI is InChI=1S/C27H20O5/c28-26(19-30-24-12-7-13-25(18-24)31-22-10-5-2-6-11-22)32-23-16-14-21(15-17-23)27(29)20-8-3-1-4-9-20/h1-18H,19H2. The van der Waals surface area contributed by atoms with Crippen molar-refractivity contribution >= 4 is 11.8 Å². The fourth-order valence-electron chi connectivity index (χ4n) is 2.99. The van der Waals surface area contributed by atoms with Crippen LogP contribution in [0.3, 0.4) is 0 Å². The van der Waals surface area contributed by atoms with Crippen molar-refractivity contribution in [1.82, 2.24) is 0 Å². The van der Waals surface area contributed by atoms with Crippen LogP contribution in [0.25, 0.3) is 0 Å². The fourth-order valence-corrected chi connectivity index (χ4v) is 2.99. The van der Waals surface area contributed by atoms with E-state index in [-0.39, 0.29) is 12.4 Å². The van der Waals surface area contributed by atoms with E-state index >= 15 is 0 Å². The highest BCUT2D eigenvalue weighted by Gasteiger charge is 2.11. The molecule has 158 valence electrons. The monoisotopic (exact) mass is 424 g/mol. The third kappa shape index (κ3) is 5.61. The lowest BCUT2D eigenvalue weighted by molar-refractivity contribution is -0.136. The maximum atomic E-state index is 12.4. The van der Waals surface area contributed by atoms with Crippen LogP contribution in [0.5, 0.6) is 23.0 Å². The summed E-state index contributed by atoms with van der Waals surface area (Å²) in [5, 5.41) is 0. The Bertz CT molecular complexity index is 1190. The second-order valence-corrected chi connectivity index (χ2v) is 6.87. The van der Waals surface area contributed by atoms with Gasteiger partial charge in [0.1, 0.15) is 23.0 Å². The molecule has 4 aromatic carbocycles. The molecule has 4 aromatic rings. The third-order valence-electron chi connectivity index (χ3n) is 4.53. The summed E-state index contributed by atoms with van der Waals surface area (Å²) in [6.45, 7) is -0.264. The SMILES string of the molecule is O=C(COc1cccc(Oc2ccccc2)c1)Oc1ccc(C(=O)c2ccccc2)cc1.